The van der Waals surface area contributed by atoms with Crippen LogP contribution in [0, 0.1) is 0 Å². The maximum Gasteiger partial charge on any atom is 0.418 e. The lowest BCUT2D eigenvalue weighted by Crippen LogP contribution is -2.22. The second kappa shape index (κ2) is 5.07. The van der Waals surface area contributed by atoms with Gasteiger partial charge in [0.15, 0.2) is 0 Å². The van der Waals surface area contributed by atoms with Gasteiger partial charge in [-0.25, -0.2) is 0 Å². The molecule has 2 N–H and O–H groups in total. The summed E-state index contributed by atoms with van der Waals surface area (Å²) in [5.74, 6) is -0.549. The fraction of sp³-hybridized carbons (Fsp3) is 0.364. The summed E-state index contributed by atoms with van der Waals surface area (Å²) < 4.78 is 38.2. The first-order valence-electron chi connectivity index (χ1n) is 5.08. The van der Waals surface area contributed by atoms with Gasteiger partial charge in [-0.3, -0.25) is 4.79 Å². The number of hydrogen-bond acceptors (Lipinski definition) is 2. The minimum absolute atomic E-state index is 0.0100. The van der Waals surface area contributed by atoms with Gasteiger partial charge in [0.25, 0.3) is 5.91 Å². The maximum atomic E-state index is 12.7. The lowest BCUT2D eigenvalue weighted by Gasteiger charge is -2.16. The normalized spacial score (nSPS) is 11.1. The Morgan fingerprint density at radius 1 is 1.35 bits per heavy atom. The van der Waals surface area contributed by atoms with Crippen molar-refractivity contribution in [2.45, 2.75) is 13.1 Å². The SMILES string of the molecule is CCNc1c(C(=O)NC)cccc1C(F)(F)F. The number of halogens is 3. The van der Waals surface area contributed by atoms with Crippen LogP contribution in [0.1, 0.15) is 22.8 Å². The molecule has 0 heterocycles. The van der Waals surface area contributed by atoms with Crippen LogP contribution in [0.5, 0.6) is 0 Å². The van der Waals surface area contributed by atoms with Crippen LogP contribution in [-0.4, -0.2) is 19.5 Å². The van der Waals surface area contributed by atoms with Gasteiger partial charge in [-0.05, 0) is 19.1 Å². The monoisotopic (exact) mass is 246 g/mol. The topological polar surface area (TPSA) is 41.1 Å². The zero-order valence-electron chi connectivity index (χ0n) is 9.48. The number of para-hydroxylation sites is 1. The van der Waals surface area contributed by atoms with Crippen molar-refractivity contribution in [2.24, 2.45) is 0 Å². The number of anilines is 1. The van der Waals surface area contributed by atoms with Crippen molar-refractivity contribution in [1.82, 2.24) is 5.32 Å². The average Bonchev–Trinajstić information content (AvgIpc) is 2.27. The van der Waals surface area contributed by atoms with Crippen molar-refractivity contribution in [3.63, 3.8) is 0 Å². The molecule has 0 aliphatic carbocycles. The number of rotatable bonds is 3. The van der Waals surface area contributed by atoms with Gasteiger partial charge < -0.3 is 10.6 Å². The highest BCUT2D eigenvalue weighted by Crippen LogP contribution is 2.36. The van der Waals surface area contributed by atoms with E-state index in [-0.39, 0.29) is 11.3 Å². The standard InChI is InChI=1S/C11H13F3N2O/c1-3-16-9-7(10(17)15-2)5-4-6-8(9)11(12,13)14/h4-6,16H,3H2,1-2H3,(H,15,17). The zero-order chi connectivity index (χ0) is 13.1. The molecule has 0 saturated heterocycles. The summed E-state index contributed by atoms with van der Waals surface area (Å²) in [6, 6.07) is 3.52. The van der Waals surface area contributed by atoms with Crippen LogP contribution in [0.25, 0.3) is 0 Å². The molecule has 0 bridgehead atoms. The first-order valence-corrected chi connectivity index (χ1v) is 5.08. The molecule has 0 atom stereocenters. The summed E-state index contributed by atoms with van der Waals surface area (Å²) in [5.41, 5.74) is -1.02. The average molecular weight is 246 g/mol. The van der Waals surface area contributed by atoms with Crippen LogP contribution >= 0.6 is 0 Å². The van der Waals surface area contributed by atoms with Crippen LogP contribution in [-0.2, 0) is 6.18 Å². The Kier molecular flexibility index (Phi) is 3.98. The summed E-state index contributed by atoms with van der Waals surface area (Å²) in [5, 5.41) is 4.90. The van der Waals surface area contributed by atoms with E-state index in [2.05, 4.69) is 10.6 Å². The number of nitrogens with one attached hydrogen (secondary N) is 2. The van der Waals surface area contributed by atoms with E-state index in [4.69, 9.17) is 0 Å². The minimum atomic E-state index is -4.48. The fourth-order valence-corrected chi connectivity index (χ4v) is 1.48. The molecule has 0 fully saturated rings. The van der Waals surface area contributed by atoms with Crippen LogP contribution in [0.15, 0.2) is 18.2 Å². The lowest BCUT2D eigenvalue weighted by molar-refractivity contribution is -0.136. The van der Waals surface area contributed by atoms with Crippen molar-refractivity contribution in [3.05, 3.63) is 29.3 Å². The molecule has 0 aliphatic rings. The minimum Gasteiger partial charge on any atom is -0.384 e. The molecule has 1 amide bonds. The third-order valence-electron chi connectivity index (χ3n) is 2.20. The van der Waals surface area contributed by atoms with Crippen molar-refractivity contribution < 1.29 is 18.0 Å². The molecule has 94 valence electrons. The molecule has 0 radical (unpaired) electrons. The van der Waals surface area contributed by atoms with E-state index in [9.17, 15) is 18.0 Å². The maximum absolute atomic E-state index is 12.7. The molecule has 1 aromatic carbocycles. The van der Waals surface area contributed by atoms with Gasteiger partial charge in [-0.2, -0.15) is 13.2 Å². The summed E-state index contributed by atoms with van der Waals surface area (Å²) >= 11 is 0. The van der Waals surface area contributed by atoms with Gasteiger partial charge >= 0.3 is 6.18 Å². The summed E-state index contributed by atoms with van der Waals surface area (Å²) in [6.07, 6.45) is -4.48. The third-order valence-corrected chi connectivity index (χ3v) is 2.20. The van der Waals surface area contributed by atoms with E-state index >= 15 is 0 Å². The Balaban J connectivity index is 3.37. The van der Waals surface area contributed by atoms with Gasteiger partial charge in [-0.1, -0.05) is 6.07 Å². The van der Waals surface area contributed by atoms with Crippen molar-refractivity contribution in [3.8, 4) is 0 Å². The summed E-state index contributed by atoms with van der Waals surface area (Å²) in [4.78, 5) is 11.5. The number of carbonyl (C=O) groups excluding carboxylic acids is 1. The van der Waals surface area contributed by atoms with Gasteiger partial charge in [0.2, 0.25) is 0 Å². The Hall–Kier alpha value is -1.72. The Bertz CT molecular complexity index is 416. The number of carbonyl (C=O) groups is 1. The first-order chi connectivity index (χ1) is 7.91. The van der Waals surface area contributed by atoms with E-state index in [1.807, 2.05) is 0 Å². The predicted molar refractivity (Wildman–Crippen MR) is 59.0 cm³/mol. The second-order valence-corrected chi connectivity index (χ2v) is 3.34. The van der Waals surface area contributed by atoms with E-state index in [0.717, 1.165) is 6.07 Å². The molecule has 1 rings (SSSR count). The van der Waals surface area contributed by atoms with Crippen molar-refractivity contribution in [1.29, 1.82) is 0 Å². The molecular formula is C11H13F3N2O. The molecule has 6 heteroatoms. The molecule has 0 saturated carbocycles. The fourth-order valence-electron chi connectivity index (χ4n) is 1.48. The first kappa shape index (κ1) is 13.3. The number of amides is 1. The number of benzene rings is 1. The quantitative estimate of drug-likeness (QED) is 0.860. The lowest BCUT2D eigenvalue weighted by atomic mass is 10.1. The van der Waals surface area contributed by atoms with Gasteiger partial charge in [-0.15, -0.1) is 0 Å². The smallest absolute Gasteiger partial charge is 0.384 e. The van der Waals surface area contributed by atoms with E-state index in [1.165, 1.54) is 19.2 Å². The molecule has 17 heavy (non-hydrogen) atoms. The van der Waals surface area contributed by atoms with Crippen LogP contribution < -0.4 is 10.6 Å². The summed E-state index contributed by atoms with van der Waals surface area (Å²) in [6.45, 7) is 1.97. The molecule has 0 unspecified atom stereocenters. The molecule has 0 aliphatic heterocycles. The van der Waals surface area contributed by atoms with E-state index < -0.39 is 17.6 Å². The Morgan fingerprint density at radius 3 is 2.47 bits per heavy atom. The van der Waals surface area contributed by atoms with Crippen LogP contribution in [0.3, 0.4) is 0 Å². The number of hydrogen-bond donors (Lipinski definition) is 2. The molecule has 1 aromatic rings. The van der Waals surface area contributed by atoms with Gasteiger partial charge in [0, 0.05) is 13.6 Å². The van der Waals surface area contributed by atoms with E-state index in [1.54, 1.807) is 6.92 Å². The third kappa shape index (κ3) is 2.89. The Labute approximate surface area is 97.0 Å². The predicted octanol–water partition coefficient (Wildman–Crippen LogP) is 2.50. The molecule has 0 aromatic heterocycles. The highest BCUT2D eigenvalue weighted by atomic mass is 19.4. The largest absolute Gasteiger partial charge is 0.418 e. The highest BCUT2D eigenvalue weighted by molar-refractivity contribution is 6.00. The molecule has 3 nitrogen and oxygen atoms in total. The van der Waals surface area contributed by atoms with Gasteiger partial charge in [0.1, 0.15) is 0 Å². The van der Waals surface area contributed by atoms with Crippen molar-refractivity contribution >= 4 is 11.6 Å². The number of alkyl halides is 3. The van der Waals surface area contributed by atoms with Crippen LogP contribution in [0.2, 0.25) is 0 Å². The van der Waals surface area contributed by atoms with E-state index in [0.29, 0.717) is 6.54 Å². The van der Waals surface area contributed by atoms with Crippen molar-refractivity contribution in [2.75, 3.05) is 18.9 Å². The van der Waals surface area contributed by atoms with Gasteiger partial charge in [0.05, 0.1) is 16.8 Å². The second-order valence-electron chi connectivity index (χ2n) is 3.34. The highest BCUT2D eigenvalue weighted by Gasteiger charge is 2.34. The Morgan fingerprint density at radius 2 is 2.00 bits per heavy atom. The summed E-state index contributed by atoms with van der Waals surface area (Å²) in [7, 11) is 1.37. The molecular weight excluding hydrogens is 233 g/mol. The molecule has 0 spiro atoms. The zero-order valence-corrected chi connectivity index (χ0v) is 9.48. The van der Waals surface area contributed by atoms with Crippen LogP contribution in [0.4, 0.5) is 18.9 Å².